The molecule has 1 aromatic heterocycles. The number of aromatic nitrogens is 2. The van der Waals surface area contributed by atoms with Crippen LogP contribution in [0.25, 0.3) is 0 Å². The number of ether oxygens (including phenoxy) is 1. The van der Waals surface area contributed by atoms with Crippen molar-refractivity contribution in [1.82, 2.24) is 14.1 Å². The Labute approximate surface area is 167 Å². The molecule has 1 aliphatic rings. The lowest BCUT2D eigenvalue weighted by Crippen LogP contribution is -2.40. The zero-order chi connectivity index (χ0) is 21.2. The van der Waals surface area contributed by atoms with Crippen LogP contribution in [0, 0.1) is 24.0 Å². The number of nitrogens with zero attached hydrogens (tertiary/aromatic N) is 4. The fraction of sp³-hybridized carbons (Fsp3) is 0.412. The number of carbonyl (C=O) groups is 1. The molecule has 0 spiro atoms. The maximum Gasteiger partial charge on any atom is 0.312 e. The van der Waals surface area contributed by atoms with Gasteiger partial charge in [-0.1, -0.05) is 6.07 Å². The molecule has 0 aliphatic carbocycles. The number of hydrogen-bond donors (Lipinski definition) is 1. The van der Waals surface area contributed by atoms with Crippen LogP contribution in [0.4, 0.5) is 11.4 Å². The summed E-state index contributed by atoms with van der Waals surface area (Å²) in [6, 6.07) is 5.95. The van der Waals surface area contributed by atoms with Crippen molar-refractivity contribution in [3.8, 4) is 0 Å². The second kappa shape index (κ2) is 8.27. The van der Waals surface area contributed by atoms with E-state index >= 15 is 0 Å². The van der Waals surface area contributed by atoms with Gasteiger partial charge in [0.2, 0.25) is 15.9 Å². The lowest BCUT2D eigenvalue weighted by atomic mass is 10.3. The van der Waals surface area contributed by atoms with Gasteiger partial charge in [0.15, 0.2) is 0 Å². The quantitative estimate of drug-likeness (QED) is 0.542. The number of rotatable bonds is 6. The van der Waals surface area contributed by atoms with Crippen LogP contribution in [0.1, 0.15) is 11.4 Å². The molecule has 1 amide bonds. The van der Waals surface area contributed by atoms with Crippen molar-refractivity contribution in [2.45, 2.75) is 25.3 Å². The van der Waals surface area contributed by atoms with Crippen LogP contribution in [0.5, 0.6) is 0 Å². The molecule has 0 bridgehead atoms. The molecular formula is C17H21N5O6S. The Morgan fingerprint density at radius 2 is 2.00 bits per heavy atom. The molecule has 12 heteroatoms. The number of morpholine rings is 1. The van der Waals surface area contributed by atoms with Crippen molar-refractivity contribution in [2.75, 3.05) is 31.6 Å². The van der Waals surface area contributed by atoms with E-state index < -0.39 is 20.9 Å². The van der Waals surface area contributed by atoms with E-state index in [9.17, 15) is 23.3 Å². The van der Waals surface area contributed by atoms with Gasteiger partial charge in [0.1, 0.15) is 17.9 Å². The Morgan fingerprint density at radius 3 is 2.62 bits per heavy atom. The Bertz CT molecular complexity index is 1040. The fourth-order valence-corrected chi connectivity index (χ4v) is 4.57. The molecule has 11 nitrogen and oxygen atoms in total. The highest BCUT2D eigenvalue weighted by atomic mass is 32.2. The maximum absolute atomic E-state index is 12.7. The minimum Gasteiger partial charge on any atom is -0.379 e. The van der Waals surface area contributed by atoms with Crippen molar-refractivity contribution in [3.05, 3.63) is 45.8 Å². The lowest BCUT2D eigenvalue weighted by Gasteiger charge is -2.26. The third-order valence-corrected chi connectivity index (χ3v) is 6.44. The summed E-state index contributed by atoms with van der Waals surface area (Å²) in [6.45, 7) is 4.00. The van der Waals surface area contributed by atoms with E-state index in [2.05, 4.69) is 10.4 Å². The number of sulfonamides is 1. The Balaban J connectivity index is 1.74. The van der Waals surface area contributed by atoms with E-state index in [-0.39, 0.29) is 41.6 Å². The van der Waals surface area contributed by atoms with E-state index in [1.807, 2.05) is 0 Å². The van der Waals surface area contributed by atoms with Gasteiger partial charge in [0.05, 0.1) is 23.0 Å². The fourth-order valence-electron chi connectivity index (χ4n) is 3.11. The number of carbonyl (C=O) groups excluding carboxylic acids is 1. The maximum atomic E-state index is 12.7. The molecule has 0 saturated carbocycles. The molecule has 2 heterocycles. The van der Waals surface area contributed by atoms with Crippen LogP contribution >= 0.6 is 0 Å². The van der Waals surface area contributed by atoms with Crippen LogP contribution < -0.4 is 5.32 Å². The molecule has 1 fully saturated rings. The summed E-state index contributed by atoms with van der Waals surface area (Å²) in [5, 5.41) is 17.7. The summed E-state index contributed by atoms with van der Waals surface area (Å²) in [5.74, 6) is -0.480. The zero-order valence-electron chi connectivity index (χ0n) is 16.0. The third-order valence-electron chi connectivity index (χ3n) is 4.54. The van der Waals surface area contributed by atoms with Crippen molar-refractivity contribution in [2.24, 2.45) is 0 Å². The van der Waals surface area contributed by atoms with Gasteiger partial charge in [-0.05, 0) is 32.0 Å². The highest BCUT2D eigenvalue weighted by Gasteiger charge is 2.27. The van der Waals surface area contributed by atoms with Crippen molar-refractivity contribution < 1.29 is 22.9 Å². The van der Waals surface area contributed by atoms with Gasteiger partial charge in [0.25, 0.3) is 0 Å². The van der Waals surface area contributed by atoms with Crippen molar-refractivity contribution in [1.29, 1.82) is 0 Å². The predicted octanol–water partition coefficient (Wildman–Crippen LogP) is 1.07. The minimum atomic E-state index is -3.69. The second-order valence-electron chi connectivity index (χ2n) is 6.53. The smallest absolute Gasteiger partial charge is 0.312 e. The number of aryl methyl sites for hydroxylation is 1. The minimum absolute atomic E-state index is 0.0685. The molecule has 1 saturated heterocycles. The number of anilines is 1. The average Bonchev–Trinajstić information content (AvgIpc) is 2.95. The number of amides is 1. The van der Waals surface area contributed by atoms with E-state index in [4.69, 9.17) is 4.74 Å². The Kier molecular flexibility index (Phi) is 5.96. The summed E-state index contributed by atoms with van der Waals surface area (Å²) in [4.78, 5) is 23.0. The highest BCUT2D eigenvalue weighted by Crippen LogP contribution is 2.23. The number of benzene rings is 1. The van der Waals surface area contributed by atoms with Gasteiger partial charge in [-0.2, -0.15) is 9.40 Å². The molecule has 29 heavy (non-hydrogen) atoms. The molecular weight excluding hydrogens is 402 g/mol. The Morgan fingerprint density at radius 1 is 1.31 bits per heavy atom. The number of nitro groups is 1. The molecule has 0 unspecified atom stereocenters. The predicted molar refractivity (Wildman–Crippen MR) is 103 cm³/mol. The molecule has 1 aromatic carbocycles. The lowest BCUT2D eigenvalue weighted by molar-refractivity contribution is -0.386. The molecule has 3 rings (SSSR count). The molecule has 2 aromatic rings. The van der Waals surface area contributed by atoms with Gasteiger partial charge in [0, 0.05) is 18.8 Å². The summed E-state index contributed by atoms with van der Waals surface area (Å²) in [7, 11) is -3.69. The second-order valence-corrected chi connectivity index (χ2v) is 8.46. The van der Waals surface area contributed by atoms with Crippen LogP contribution in [0.15, 0.2) is 29.2 Å². The molecule has 0 radical (unpaired) electrons. The first-order chi connectivity index (χ1) is 13.7. The number of nitrogens with one attached hydrogen (secondary N) is 1. The molecule has 1 N–H and O–H groups in total. The van der Waals surface area contributed by atoms with Gasteiger partial charge in [-0.25, -0.2) is 8.42 Å². The van der Waals surface area contributed by atoms with E-state index in [0.717, 1.165) is 0 Å². The molecule has 0 atom stereocenters. The normalized spacial score (nSPS) is 15.2. The van der Waals surface area contributed by atoms with Gasteiger partial charge in [-0.3, -0.25) is 19.6 Å². The largest absolute Gasteiger partial charge is 0.379 e. The summed E-state index contributed by atoms with van der Waals surface area (Å²) in [5.41, 5.74) is 0.668. The van der Waals surface area contributed by atoms with Gasteiger partial charge in [-0.15, -0.1) is 0 Å². The standard InChI is InChI=1S/C17H21N5O6S/c1-12-17(22(24)25)13(2)21(19-12)11-16(23)18-14-4-3-5-15(10-14)29(26,27)20-6-8-28-9-7-20/h3-5,10H,6-9,11H2,1-2H3,(H,18,23). The third kappa shape index (κ3) is 4.44. The van der Waals surface area contributed by atoms with Crippen molar-refractivity contribution in [3.63, 3.8) is 0 Å². The van der Waals surface area contributed by atoms with E-state index in [1.165, 1.54) is 41.0 Å². The first kappa shape index (κ1) is 20.9. The van der Waals surface area contributed by atoms with Crippen LogP contribution in [0.3, 0.4) is 0 Å². The van der Waals surface area contributed by atoms with Crippen LogP contribution in [-0.2, 0) is 26.1 Å². The monoisotopic (exact) mass is 423 g/mol. The highest BCUT2D eigenvalue weighted by molar-refractivity contribution is 7.89. The Hall–Kier alpha value is -2.83. The average molecular weight is 423 g/mol. The molecule has 1 aliphatic heterocycles. The SMILES string of the molecule is Cc1nn(CC(=O)Nc2cccc(S(=O)(=O)N3CCOCC3)c2)c(C)c1[N+](=O)[O-]. The topological polar surface area (TPSA) is 137 Å². The van der Waals surface area contributed by atoms with Crippen LogP contribution in [0.2, 0.25) is 0 Å². The van der Waals surface area contributed by atoms with Crippen LogP contribution in [-0.4, -0.2) is 59.6 Å². The first-order valence-corrected chi connectivity index (χ1v) is 10.3. The van der Waals surface area contributed by atoms with E-state index in [1.54, 1.807) is 6.07 Å². The van der Waals surface area contributed by atoms with Gasteiger partial charge >= 0.3 is 5.69 Å². The van der Waals surface area contributed by atoms with E-state index in [0.29, 0.717) is 18.9 Å². The first-order valence-electron chi connectivity index (χ1n) is 8.86. The zero-order valence-corrected chi connectivity index (χ0v) is 16.8. The van der Waals surface area contributed by atoms with Gasteiger partial charge < -0.3 is 10.1 Å². The summed E-state index contributed by atoms with van der Waals surface area (Å²) in [6.07, 6.45) is 0. The summed E-state index contributed by atoms with van der Waals surface area (Å²) < 4.78 is 33.3. The number of hydrogen-bond acceptors (Lipinski definition) is 7. The van der Waals surface area contributed by atoms with Crippen molar-refractivity contribution >= 4 is 27.3 Å². The molecule has 156 valence electrons. The summed E-state index contributed by atoms with van der Waals surface area (Å²) >= 11 is 0.